The Hall–Kier alpha value is -3.08. The van der Waals surface area contributed by atoms with Gasteiger partial charge in [0, 0.05) is 10.4 Å². The lowest BCUT2D eigenvalue weighted by Crippen LogP contribution is -2.18. The van der Waals surface area contributed by atoms with Crippen LogP contribution in [0.3, 0.4) is 0 Å². The number of unbranched alkanes of at least 4 members (excludes halogenated alkanes) is 15. The van der Waals surface area contributed by atoms with Crippen molar-refractivity contribution in [3.05, 3.63) is 34.2 Å². The van der Waals surface area contributed by atoms with Crippen molar-refractivity contribution in [1.29, 1.82) is 21.0 Å². The predicted molar refractivity (Wildman–Crippen MR) is 138 cm³/mol. The van der Waals surface area contributed by atoms with Crippen LogP contribution < -0.4 is 10.4 Å². The molecule has 4 nitrogen and oxygen atoms in total. The van der Waals surface area contributed by atoms with Crippen molar-refractivity contribution in [1.82, 2.24) is 0 Å². The maximum atomic E-state index is 9.27. The summed E-state index contributed by atoms with van der Waals surface area (Å²) in [6, 6.07) is 12.9. The van der Waals surface area contributed by atoms with Gasteiger partial charge in [-0.2, -0.15) is 21.0 Å². The third kappa shape index (κ3) is 11.7. The molecule has 1 rings (SSSR count). The van der Waals surface area contributed by atoms with E-state index >= 15 is 0 Å². The Bertz CT molecular complexity index is 976. The Morgan fingerprint density at radius 1 is 0.559 bits per heavy atom. The van der Waals surface area contributed by atoms with Gasteiger partial charge in [-0.15, -0.1) is 0 Å². The molecule has 0 saturated carbocycles. The van der Waals surface area contributed by atoms with Crippen LogP contribution in [-0.2, 0) is 6.42 Å². The first-order valence-corrected chi connectivity index (χ1v) is 13.2. The Morgan fingerprint density at radius 3 is 1.38 bits per heavy atom. The zero-order valence-electron chi connectivity index (χ0n) is 21.0. The van der Waals surface area contributed by atoms with Gasteiger partial charge in [-0.05, 0) is 24.5 Å². The van der Waals surface area contributed by atoms with Crippen LogP contribution >= 0.6 is 0 Å². The molecule has 0 aromatic heterocycles. The zero-order valence-corrected chi connectivity index (χ0v) is 21.0. The van der Waals surface area contributed by atoms with Gasteiger partial charge in [0.15, 0.2) is 0 Å². The smallest absolute Gasteiger partial charge is 0.137 e. The molecule has 0 fully saturated rings. The molecule has 0 aliphatic heterocycles. The van der Waals surface area contributed by atoms with E-state index in [4.69, 9.17) is 10.5 Å². The monoisotopic (exact) mass is 456 g/mol. The maximum Gasteiger partial charge on any atom is 0.137 e. The Labute approximate surface area is 206 Å². The summed E-state index contributed by atoms with van der Waals surface area (Å²) in [5.41, 5.74) is 0.993. The average Bonchev–Trinajstić information content (AvgIpc) is 2.86. The van der Waals surface area contributed by atoms with Crippen LogP contribution in [0.4, 0.5) is 0 Å². The van der Waals surface area contributed by atoms with Gasteiger partial charge in [-0.1, -0.05) is 115 Å². The molecule has 0 unspecified atom stereocenters. The van der Waals surface area contributed by atoms with Gasteiger partial charge in [0.25, 0.3) is 0 Å². The van der Waals surface area contributed by atoms with Gasteiger partial charge in [-0.3, -0.25) is 0 Å². The standard InChI is InChI=1S/C30H40N4/c1-2-3-4-5-6-7-8-9-10-11-12-13-14-15-16-17-18-27-21-26(28(22-31)23-32)19-20-30(27)29(24-33)25-34/h19-21H,2-18H2,1H3. The highest BCUT2D eigenvalue weighted by Gasteiger charge is 2.05. The lowest BCUT2D eigenvalue weighted by Gasteiger charge is -2.05. The number of aryl methyl sites for hydroxylation is 1. The normalized spacial score (nSPS) is 10.0. The van der Waals surface area contributed by atoms with E-state index in [1.54, 1.807) is 18.2 Å². The average molecular weight is 457 g/mol. The highest BCUT2D eigenvalue weighted by atomic mass is 14.3. The third-order valence-corrected chi connectivity index (χ3v) is 6.41. The number of hydrogen-bond donors (Lipinski definition) is 0. The highest BCUT2D eigenvalue weighted by molar-refractivity contribution is 5.75. The first kappa shape index (κ1) is 29.0. The number of benzene rings is 1. The first-order valence-electron chi connectivity index (χ1n) is 13.2. The van der Waals surface area contributed by atoms with Gasteiger partial charge < -0.3 is 0 Å². The molecule has 0 spiro atoms. The molecule has 180 valence electrons. The molecule has 0 N–H and O–H groups in total. The number of rotatable bonds is 17. The molecular formula is C30H40N4. The van der Waals surface area contributed by atoms with Crippen molar-refractivity contribution in [3.63, 3.8) is 0 Å². The molecule has 0 radical (unpaired) electrons. The van der Waals surface area contributed by atoms with Crippen molar-refractivity contribution in [2.75, 3.05) is 0 Å². The molecule has 4 heteroatoms. The number of nitriles is 4. The fraction of sp³-hybridized carbons (Fsp3) is 0.600. The van der Waals surface area contributed by atoms with Crippen molar-refractivity contribution < 1.29 is 0 Å². The van der Waals surface area contributed by atoms with Crippen LogP contribution in [0.5, 0.6) is 0 Å². The lowest BCUT2D eigenvalue weighted by molar-refractivity contribution is 0.529. The first-order chi connectivity index (χ1) is 16.7. The van der Waals surface area contributed by atoms with E-state index in [-0.39, 0.29) is 11.1 Å². The second kappa shape index (κ2) is 19.4. The second-order valence-electron chi connectivity index (χ2n) is 9.12. The van der Waals surface area contributed by atoms with Crippen molar-refractivity contribution in [2.45, 2.75) is 116 Å². The summed E-state index contributed by atoms with van der Waals surface area (Å²) in [4.78, 5) is 0. The fourth-order valence-corrected chi connectivity index (χ4v) is 4.36. The quantitative estimate of drug-likeness (QED) is 0.238. The van der Waals surface area contributed by atoms with Gasteiger partial charge in [-0.25, -0.2) is 0 Å². The molecule has 34 heavy (non-hydrogen) atoms. The van der Waals surface area contributed by atoms with Gasteiger partial charge >= 0.3 is 0 Å². The molecule has 0 bridgehead atoms. The molecule has 0 aliphatic rings. The van der Waals surface area contributed by atoms with Gasteiger partial charge in [0.1, 0.15) is 35.4 Å². The highest BCUT2D eigenvalue weighted by Crippen LogP contribution is 2.14. The summed E-state index contributed by atoms with van der Waals surface area (Å²) in [5, 5.41) is 38.0. The van der Waals surface area contributed by atoms with E-state index in [2.05, 4.69) is 6.92 Å². The number of hydrogen-bond acceptors (Lipinski definition) is 4. The van der Waals surface area contributed by atoms with E-state index in [1.165, 1.54) is 89.9 Å². The molecule has 0 saturated heterocycles. The zero-order chi connectivity index (χ0) is 24.9. The van der Waals surface area contributed by atoms with Gasteiger partial charge in [0.05, 0.1) is 0 Å². The Balaban J connectivity index is 2.32. The van der Waals surface area contributed by atoms with E-state index in [0.29, 0.717) is 10.4 Å². The minimum Gasteiger partial charge on any atom is -0.192 e. The van der Waals surface area contributed by atoms with E-state index in [0.717, 1.165) is 24.8 Å². The Morgan fingerprint density at radius 2 is 0.971 bits per heavy atom. The van der Waals surface area contributed by atoms with Gasteiger partial charge in [0.2, 0.25) is 0 Å². The molecule has 0 amide bonds. The SMILES string of the molecule is CCCCCCCCCCCCCCCCCCc1cc(=C(C#N)C#N)ccc1=C(C#N)C#N. The van der Waals surface area contributed by atoms with Crippen LogP contribution in [0.15, 0.2) is 18.2 Å². The Kier molecular flexibility index (Phi) is 16.5. The summed E-state index contributed by atoms with van der Waals surface area (Å²) in [6.07, 6.45) is 21.7. The molecule has 0 heterocycles. The third-order valence-electron chi connectivity index (χ3n) is 6.41. The molecule has 1 aromatic carbocycles. The second-order valence-corrected chi connectivity index (χ2v) is 9.12. The minimum atomic E-state index is 0.0511. The summed E-state index contributed by atoms with van der Waals surface area (Å²) in [5.74, 6) is 0. The predicted octanol–water partition coefficient (Wildman–Crippen LogP) is 6.89. The van der Waals surface area contributed by atoms with Crippen molar-refractivity contribution >= 4 is 11.1 Å². The summed E-state index contributed by atoms with van der Waals surface area (Å²) in [7, 11) is 0. The molecule has 1 aromatic rings. The summed E-state index contributed by atoms with van der Waals surface area (Å²) >= 11 is 0. The topological polar surface area (TPSA) is 95.2 Å². The van der Waals surface area contributed by atoms with E-state index in [1.807, 2.05) is 24.3 Å². The van der Waals surface area contributed by atoms with Crippen LogP contribution in [0.1, 0.15) is 115 Å². The van der Waals surface area contributed by atoms with Crippen molar-refractivity contribution in [3.8, 4) is 24.3 Å². The van der Waals surface area contributed by atoms with Crippen LogP contribution in [0.2, 0.25) is 0 Å². The van der Waals surface area contributed by atoms with Crippen LogP contribution in [-0.4, -0.2) is 0 Å². The lowest BCUT2D eigenvalue weighted by atomic mass is 9.99. The summed E-state index contributed by atoms with van der Waals surface area (Å²) in [6.45, 7) is 2.27. The largest absolute Gasteiger partial charge is 0.192 e. The van der Waals surface area contributed by atoms with E-state index in [9.17, 15) is 10.5 Å². The van der Waals surface area contributed by atoms with Crippen molar-refractivity contribution in [2.24, 2.45) is 0 Å². The minimum absolute atomic E-state index is 0.0511. The van der Waals surface area contributed by atoms with E-state index < -0.39 is 0 Å². The number of nitrogens with zero attached hydrogens (tertiary/aromatic N) is 4. The maximum absolute atomic E-state index is 9.27. The summed E-state index contributed by atoms with van der Waals surface area (Å²) < 4.78 is 0. The molecular weight excluding hydrogens is 416 g/mol. The van der Waals surface area contributed by atoms with Crippen LogP contribution in [0, 0.1) is 45.3 Å². The molecule has 0 aliphatic carbocycles. The fourth-order valence-electron chi connectivity index (χ4n) is 4.36. The molecule has 0 atom stereocenters. The van der Waals surface area contributed by atoms with Crippen LogP contribution in [0.25, 0.3) is 11.1 Å².